The van der Waals surface area contributed by atoms with E-state index in [1.165, 1.54) is 32.1 Å². The monoisotopic (exact) mass is 257 g/mol. The van der Waals surface area contributed by atoms with Crippen molar-refractivity contribution in [3.63, 3.8) is 0 Å². The number of ether oxygens (including phenoxy) is 1. The van der Waals surface area contributed by atoms with Crippen molar-refractivity contribution < 1.29 is 4.74 Å². The van der Waals surface area contributed by atoms with Crippen LogP contribution in [0.25, 0.3) is 6.08 Å². The lowest BCUT2D eigenvalue weighted by atomic mass is 9.89. The van der Waals surface area contributed by atoms with Crippen LogP contribution in [-0.2, 0) is 0 Å². The maximum absolute atomic E-state index is 8.90. The summed E-state index contributed by atoms with van der Waals surface area (Å²) in [6.07, 6.45) is 10.7. The van der Waals surface area contributed by atoms with Crippen LogP contribution in [0.15, 0.2) is 12.1 Å². The molecule has 0 radical (unpaired) electrons. The maximum Gasteiger partial charge on any atom is 0.221 e. The highest BCUT2D eigenvalue weighted by atomic mass is 16.5. The van der Waals surface area contributed by atoms with Crippen LogP contribution in [0.2, 0.25) is 0 Å². The van der Waals surface area contributed by atoms with Gasteiger partial charge in [0.15, 0.2) is 5.69 Å². The van der Waals surface area contributed by atoms with Gasteiger partial charge < -0.3 is 10.5 Å². The first-order valence-electron chi connectivity index (χ1n) is 6.67. The molecule has 1 aromatic rings. The van der Waals surface area contributed by atoms with Crippen LogP contribution in [0.3, 0.4) is 0 Å². The molecule has 100 valence electrons. The van der Waals surface area contributed by atoms with E-state index in [1.54, 1.807) is 13.2 Å². The molecule has 0 bridgehead atoms. The van der Waals surface area contributed by atoms with E-state index in [0.717, 1.165) is 5.56 Å². The molecular weight excluding hydrogens is 238 g/mol. The molecule has 2 rings (SSSR count). The van der Waals surface area contributed by atoms with Crippen molar-refractivity contribution in [1.82, 2.24) is 4.98 Å². The number of anilines is 1. The van der Waals surface area contributed by atoms with Crippen molar-refractivity contribution >= 4 is 11.8 Å². The van der Waals surface area contributed by atoms with E-state index in [-0.39, 0.29) is 5.69 Å². The van der Waals surface area contributed by atoms with Crippen molar-refractivity contribution in [1.29, 1.82) is 5.26 Å². The van der Waals surface area contributed by atoms with E-state index in [2.05, 4.69) is 11.1 Å². The fourth-order valence-corrected chi connectivity index (χ4v) is 2.47. The second-order valence-electron chi connectivity index (χ2n) is 4.89. The third-order valence-electron chi connectivity index (χ3n) is 3.54. The Kier molecular flexibility index (Phi) is 4.40. The fourth-order valence-electron chi connectivity index (χ4n) is 2.47. The summed E-state index contributed by atoms with van der Waals surface area (Å²) in [7, 11) is 1.55. The van der Waals surface area contributed by atoms with E-state index in [9.17, 15) is 0 Å². The Morgan fingerprint density at radius 2 is 2.16 bits per heavy atom. The number of rotatable bonds is 3. The molecule has 0 aliphatic heterocycles. The van der Waals surface area contributed by atoms with Crippen LogP contribution in [-0.4, -0.2) is 12.1 Å². The lowest BCUT2D eigenvalue weighted by Gasteiger charge is -2.17. The molecule has 1 aromatic heterocycles. The van der Waals surface area contributed by atoms with Gasteiger partial charge in [-0.1, -0.05) is 31.4 Å². The minimum atomic E-state index is 0.215. The molecule has 1 heterocycles. The fraction of sp³-hybridized carbons (Fsp3) is 0.467. The van der Waals surface area contributed by atoms with Crippen molar-refractivity contribution in [2.45, 2.75) is 32.1 Å². The Morgan fingerprint density at radius 1 is 1.42 bits per heavy atom. The number of aromatic nitrogens is 1. The number of allylic oxidation sites excluding steroid dienone is 1. The van der Waals surface area contributed by atoms with Crippen LogP contribution in [0.4, 0.5) is 5.69 Å². The molecule has 0 spiro atoms. The first-order chi connectivity index (χ1) is 9.24. The van der Waals surface area contributed by atoms with Crippen molar-refractivity contribution in [2.24, 2.45) is 5.92 Å². The van der Waals surface area contributed by atoms with Crippen molar-refractivity contribution in [3.05, 3.63) is 23.4 Å². The molecule has 4 nitrogen and oxygen atoms in total. The Bertz CT molecular complexity index is 511. The van der Waals surface area contributed by atoms with Gasteiger partial charge >= 0.3 is 0 Å². The van der Waals surface area contributed by atoms with Crippen LogP contribution in [0.1, 0.15) is 43.4 Å². The quantitative estimate of drug-likeness (QED) is 0.902. The highest BCUT2D eigenvalue weighted by Gasteiger charge is 2.12. The molecule has 1 saturated carbocycles. The highest BCUT2D eigenvalue weighted by molar-refractivity contribution is 5.63. The van der Waals surface area contributed by atoms with E-state index < -0.39 is 0 Å². The molecule has 1 aliphatic rings. The molecule has 19 heavy (non-hydrogen) atoms. The molecule has 1 fully saturated rings. The average molecular weight is 257 g/mol. The van der Waals surface area contributed by atoms with E-state index >= 15 is 0 Å². The van der Waals surface area contributed by atoms with Gasteiger partial charge in [-0.25, -0.2) is 0 Å². The Morgan fingerprint density at radius 3 is 2.79 bits per heavy atom. The standard InChI is InChI=1S/C15H19N3O/c1-19-15-12(9-13(17)14(10-16)18-15)8-7-11-5-3-2-4-6-11/h7-9,11H,2-6,17H2,1H3/b8-7+. The number of hydrogen-bond donors (Lipinski definition) is 1. The van der Waals surface area contributed by atoms with Crippen LogP contribution >= 0.6 is 0 Å². The topological polar surface area (TPSA) is 71.9 Å². The molecule has 0 atom stereocenters. The first kappa shape index (κ1) is 13.4. The summed E-state index contributed by atoms with van der Waals surface area (Å²) in [5.74, 6) is 1.09. The first-order valence-corrected chi connectivity index (χ1v) is 6.67. The molecule has 0 amide bonds. The van der Waals surface area contributed by atoms with Gasteiger partial charge in [0.25, 0.3) is 0 Å². The van der Waals surface area contributed by atoms with Gasteiger partial charge in [0.2, 0.25) is 5.88 Å². The van der Waals surface area contributed by atoms with Gasteiger partial charge in [0.1, 0.15) is 6.07 Å². The Balaban J connectivity index is 2.21. The zero-order valence-corrected chi connectivity index (χ0v) is 11.2. The molecule has 0 aromatic carbocycles. The van der Waals surface area contributed by atoms with E-state index in [4.69, 9.17) is 15.7 Å². The predicted molar refractivity (Wildman–Crippen MR) is 75.5 cm³/mol. The van der Waals surface area contributed by atoms with Crippen LogP contribution in [0, 0.1) is 17.2 Å². The Labute approximate surface area is 113 Å². The average Bonchev–Trinajstić information content (AvgIpc) is 2.46. The number of methoxy groups -OCH3 is 1. The lowest BCUT2D eigenvalue weighted by molar-refractivity contribution is 0.396. The van der Waals surface area contributed by atoms with Gasteiger partial charge in [-0.2, -0.15) is 10.2 Å². The van der Waals surface area contributed by atoms with Crippen molar-refractivity contribution in [2.75, 3.05) is 12.8 Å². The van der Waals surface area contributed by atoms with E-state index in [0.29, 0.717) is 17.5 Å². The summed E-state index contributed by atoms with van der Waals surface area (Å²) in [4.78, 5) is 4.11. The normalized spacial score (nSPS) is 16.4. The molecule has 2 N–H and O–H groups in total. The Hall–Kier alpha value is -2.02. The molecule has 0 unspecified atom stereocenters. The van der Waals surface area contributed by atoms with Gasteiger partial charge in [0, 0.05) is 5.56 Å². The zero-order chi connectivity index (χ0) is 13.7. The second kappa shape index (κ2) is 6.24. The summed E-state index contributed by atoms with van der Waals surface area (Å²) in [6, 6.07) is 3.72. The molecule has 0 saturated heterocycles. The number of nitrogens with zero attached hydrogens (tertiary/aromatic N) is 2. The number of nitrogens with two attached hydrogens (primary N) is 1. The van der Waals surface area contributed by atoms with Gasteiger partial charge in [-0.05, 0) is 24.8 Å². The van der Waals surface area contributed by atoms with Crippen molar-refractivity contribution in [3.8, 4) is 11.9 Å². The lowest BCUT2D eigenvalue weighted by Crippen LogP contribution is -2.03. The highest BCUT2D eigenvalue weighted by Crippen LogP contribution is 2.27. The number of hydrogen-bond acceptors (Lipinski definition) is 4. The minimum absolute atomic E-state index is 0.215. The van der Waals surface area contributed by atoms with Crippen LogP contribution < -0.4 is 10.5 Å². The zero-order valence-electron chi connectivity index (χ0n) is 11.2. The SMILES string of the molecule is COc1nc(C#N)c(N)cc1/C=C/C1CCCCC1. The van der Waals surface area contributed by atoms with E-state index in [1.807, 2.05) is 12.1 Å². The summed E-state index contributed by atoms with van der Waals surface area (Å²) in [5, 5.41) is 8.90. The third-order valence-corrected chi connectivity index (χ3v) is 3.54. The largest absolute Gasteiger partial charge is 0.481 e. The molecule has 1 aliphatic carbocycles. The van der Waals surface area contributed by atoms with Gasteiger partial charge in [-0.3, -0.25) is 0 Å². The summed E-state index contributed by atoms with van der Waals surface area (Å²) < 4.78 is 5.21. The number of nitrogen functional groups attached to an aromatic ring is 1. The van der Waals surface area contributed by atoms with Gasteiger partial charge in [0.05, 0.1) is 12.8 Å². The smallest absolute Gasteiger partial charge is 0.221 e. The second-order valence-corrected chi connectivity index (χ2v) is 4.89. The predicted octanol–water partition coefficient (Wildman–Crippen LogP) is 3.14. The van der Waals surface area contributed by atoms with Crippen LogP contribution in [0.5, 0.6) is 5.88 Å². The number of nitriles is 1. The third kappa shape index (κ3) is 3.25. The summed E-state index contributed by atoms with van der Waals surface area (Å²) in [6.45, 7) is 0. The molecular formula is C15H19N3O. The maximum atomic E-state index is 8.90. The summed E-state index contributed by atoms with van der Waals surface area (Å²) >= 11 is 0. The summed E-state index contributed by atoms with van der Waals surface area (Å²) in [5.41, 5.74) is 7.24. The minimum Gasteiger partial charge on any atom is -0.481 e. The number of pyridine rings is 1. The molecule has 4 heteroatoms. The van der Waals surface area contributed by atoms with Gasteiger partial charge in [-0.15, -0.1) is 0 Å².